The number of piperazine rings is 1. The molecular formula is C48H54FN11O4. The first-order valence-electron chi connectivity index (χ1n) is 22.1. The number of carbonyl (C=O) groups excluding carboxylic acids is 3. The minimum Gasteiger partial charge on any atom is -0.372 e. The lowest BCUT2D eigenvalue weighted by Crippen LogP contribution is -2.49. The Hall–Kier alpha value is -6.68. The van der Waals surface area contributed by atoms with Crippen molar-refractivity contribution in [3.05, 3.63) is 102 Å². The summed E-state index contributed by atoms with van der Waals surface area (Å²) in [5.74, 6) is 0.0830. The van der Waals surface area contributed by atoms with Crippen molar-refractivity contribution in [2.75, 3.05) is 67.1 Å². The third kappa shape index (κ3) is 8.91. The molecule has 0 saturated carbocycles. The Kier molecular flexibility index (Phi) is 11.6. The second-order valence-corrected chi connectivity index (χ2v) is 18.3. The molecule has 64 heavy (non-hydrogen) atoms. The summed E-state index contributed by atoms with van der Waals surface area (Å²) in [6.45, 7) is 16.4. The van der Waals surface area contributed by atoms with E-state index in [1.54, 1.807) is 11.0 Å². The van der Waals surface area contributed by atoms with Crippen LogP contribution in [0.3, 0.4) is 0 Å². The first kappa shape index (κ1) is 42.6. The van der Waals surface area contributed by atoms with Gasteiger partial charge in [0.25, 0.3) is 0 Å². The molecule has 16 heteroatoms. The number of nitrogens with one attached hydrogen (secondary N) is 3. The number of aromatic nitrogens is 5. The topological polar surface area (TPSA) is 169 Å². The maximum absolute atomic E-state index is 15.9. The predicted octanol–water partition coefficient (Wildman–Crippen LogP) is 7.40. The third-order valence-electron chi connectivity index (χ3n) is 12.8. The molecule has 1 atom stereocenters. The fraction of sp³-hybridized carbons (Fsp3) is 0.396. The van der Waals surface area contributed by atoms with Crippen LogP contribution in [0, 0.1) is 18.7 Å². The van der Waals surface area contributed by atoms with Crippen LogP contribution in [-0.2, 0) is 10.2 Å². The number of piperidine rings is 1. The summed E-state index contributed by atoms with van der Waals surface area (Å²) < 4.78 is 21.2. The number of urea groups is 1. The van der Waals surface area contributed by atoms with Gasteiger partial charge in [-0.1, -0.05) is 44.1 Å². The fourth-order valence-electron chi connectivity index (χ4n) is 9.09. The lowest BCUT2D eigenvalue weighted by atomic mass is 9.95. The van der Waals surface area contributed by atoms with Crippen molar-refractivity contribution in [3.63, 3.8) is 0 Å². The van der Waals surface area contributed by atoms with Crippen molar-refractivity contribution < 1.29 is 23.3 Å². The van der Waals surface area contributed by atoms with E-state index in [0.29, 0.717) is 36.0 Å². The highest BCUT2D eigenvalue weighted by molar-refractivity contribution is 6.05. The molecule has 9 rings (SSSR count). The third-order valence-corrected chi connectivity index (χ3v) is 12.8. The summed E-state index contributed by atoms with van der Waals surface area (Å²) in [5.41, 5.74) is 7.90. The van der Waals surface area contributed by atoms with Gasteiger partial charge < -0.3 is 24.6 Å². The van der Waals surface area contributed by atoms with Gasteiger partial charge in [0.15, 0.2) is 5.82 Å². The van der Waals surface area contributed by atoms with Crippen molar-refractivity contribution >= 4 is 45.9 Å². The van der Waals surface area contributed by atoms with Gasteiger partial charge >= 0.3 is 17.8 Å². The minimum atomic E-state index is -0.432. The summed E-state index contributed by atoms with van der Waals surface area (Å²) >= 11 is 0. The van der Waals surface area contributed by atoms with Gasteiger partial charge in [-0.2, -0.15) is 4.98 Å². The number of carbonyl (C=O) groups is 3. The van der Waals surface area contributed by atoms with E-state index in [0.717, 1.165) is 109 Å². The zero-order valence-electron chi connectivity index (χ0n) is 36.9. The van der Waals surface area contributed by atoms with Crippen LogP contribution in [0.4, 0.5) is 26.2 Å². The first-order valence-corrected chi connectivity index (χ1v) is 22.1. The van der Waals surface area contributed by atoms with Crippen LogP contribution in [0.2, 0.25) is 0 Å². The van der Waals surface area contributed by atoms with E-state index in [9.17, 15) is 14.4 Å². The van der Waals surface area contributed by atoms with Gasteiger partial charge in [-0.05, 0) is 92.3 Å². The maximum Gasteiger partial charge on any atom is 0.328 e. The smallest absolute Gasteiger partial charge is 0.328 e. The zero-order valence-corrected chi connectivity index (χ0v) is 36.9. The second kappa shape index (κ2) is 17.5. The fourth-order valence-corrected chi connectivity index (χ4v) is 9.09. The number of benzene rings is 3. The number of hydrogen-bond donors (Lipinski definition) is 3. The molecular weight excluding hydrogens is 814 g/mol. The number of amides is 4. The number of nitrogens with zero attached hydrogens (tertiary/aromatic N) is 8. The Labute approximate surface area is 371 Å². The van der Waals surface area contributed by atoms with E-state index in [1.165, 1.54) is 6.33 Å². The molecule has 15 nitrogen and oxygen atoms in total. The Morgan fingerprint density at radius 3 is 2.31 bits per heavy atom. The van der Waals surface area contributed by atoms with Crippen LogP contribution < -0.4 is 25.3 Å². The molecule has 3 aliphatic heterocycles. The summed E-state index contributed by atoms with van der Waals surface area (Å²) in [6, 6.07) is 20.8. The molecule has 3 aromatic carbocycles. The zero-order chi connectivity index (χ0) is 44.7. The molecule has 3 aromatic heterocycles. The van der Waals surface area contributed by atoms with Crippen LogP contribution in [-0.4, -0.2) is 100 Å². The Balaban J connectivity index is 0.783. The van der Waals surface area contributed by atoms with Crippen LogP contribution in [0.15, 0.2) is 77.6 Å². The second-order valence-electron chi connectivity index (χ2n) is 18.3. The van der Waals surface area contributed by atoms with E-state index >= 15 is 4.39 Å². The molecule has 3 fully saturated rings. The molecule has 6 aromatic rings. The quantitative estimate of drug-likeness (QED) is 0.126. The van der Waals surface area contributed by atoms with Gasteiger partial charge in [0.05, 0.1) is 17.4 Å². The van der Waals surface area contributed by atoms with Gasteiger partial charge in [-0.15, -0.1) is 0 Å². The first-order chi connectivity index (χ1) is 30.8. The Bertz CT molecular complexity index is 2690. The van der Waals surface area contributed by atoms with E-state index < -0.39 is 5.91 Å². The molecule has 6 heterocycles. The predicted molar refractivity (Wildman–Crippen MR) is 244 cm³/mol. The summed E-state index contributed by atoms with van der Waals surface area (Å²) in [7, 11) is 0. The SMILES string of the molecule is Cc1cc(-c2ncnc3[nH]c(-c4ccc(N5CCN(CC6CCN(c7ccc(N8CCC(=O)NC8=O)cc7)CC6)CC5)c(F)c4)cc23)ccc1C(C)NC(=O)c1nc(C(C)(C)C)no1. The van der Waals surface area contributed by atoms with Crippen LogP contribution >= 0.6 is 0 Å². The number of halogens is 1. The molecule has 0 aliphatic carbocycles. The number of H-pyrrole nitrogens is 1. The van der Waals surface area contributed by atoms with Crippen molar-refractivity contribution in [2.24, 2.45) is 5.92 Å². The van der Waals surface area contributed by atoms with Gasteiger partial charge in [0.1, 0.15) is 17.8 Å². The average molecular weight is 868 g/mol. The summed E-state index contributed by atoms with van der Waals surface area (Å²) in [6.07, 6.45) is 4.04. The van der Waals surface area contributed by atoms with Gasteiger partial charge in [0, 0.05) is 97.8 Å². The molecule has 3 N–H and O–H groups in total. The average Bonchev–Trinajstić information content (AvgIpc) is 3.97. The summed E-state index contributed by atoms with van der Waals surface area (Å²) in [5, 5.41) is 10.1. The molecule has 332 valence electrons. The highest BCUT2D eigenvalue weighted by Gasteiger charge is 2.28. The number of fused-ring (bicyclic) bond motifs is 1. The highest BCUT2D eigenvalue weighted by Crippen LogP contribution is 2.34. The largest absolute Gasteiger partial charge is 0.372 e. The molecule has 0 spiro atoms. The summed E-state index contributed by atoms with van der Waals surface area (Å²) in [4.78, 5) is 62.2. The number of anilines is 3. The van der Waals surface area contributed by atoms with Crippen molar-refractivity contribution in [1.29, 1.82) is 0 Å². The maximum atomic E-state index is 15.9. The van der Waals surface area contributed by atoms with E-state index in [-0.39, 0.29) is 35.1 Å². The van der Waals surface area contributed by atoms with Gasteiger partial charge in [-0.25, -0.2) is 19.2 Å². The molecule has 1 unspecified atom stereocenters. The van der Waals surface area contributed by atoms with Gasteiger partial charge in [0.2, 0.25) is 5.91 Å². The minimum absolute atomic E-state index is 0.0687. The number of hydrogen-bond acceptors (Lipinski definition) is 11. The van der Waals surface area contributed by atoms with E-state index in [2.05, 4.69) is 62.6 Å². The number of rotatable bonds is 10. The molecule has 0 radical (unpaired) electrons. The van der Waals surface area contributed by atoms with E-state index in [1.807, 2.05) is 83.1 Å². The van der Waals surface area contributed by atoms with Crippen LogP contribution in [0.1, 0.15) is 80.6 Å². The van der Waals surface area contributed by atoms with Crippen LogP contribution in [0.5, 0.6) is 0 Å². The monoisotopic (exact) mass is 867 g/mol. The standard InChI is InChI=1S/C48H54FN11O4/c1-29-24-33(6-12-36(29)30(2)52-44(62)45-55-46(56-64-45)48(3,4)5)42-37-26-39(53-43(37)51-28-50-42)32-7-13-40(38(49)25-32)59-22-20-57(21-23-59)27-31-14-17-58(18-15-31)34-8-10-35(11-9-34)60-19-16-41(61)54-47(60)63/h6-13,24-26,28,30-31H,14-23,27H2,1-5H3,(H,52,62)(H,50,51,53)(H,54,61,63). The highest BCUT2D eigenvalue weighted by atomic mass is 19.1. The Morgan fingerprint density at radius 1 is 0.891 bits per heavy atom. The van der Waals surface area contributed by atoms with Gasteiger partial charge in [-0.3, -0.25) is 24.7 Å². The lowest BCUT2D eigenvalue weighted by molar-refractivity contribution is -0.120. The number of aryl methyl sites for hydroxylation is 1. The molecule has 3 saturated heterocycles. The van der Waals surface area contributed by atoms with Crippen molar-refractivity contribution in [1.82, 2.24) is 40.6 Å². The van der Waals surface area contributed by atoms with E-state index in [4.69, 9.17) is 4.52 Å². The molecule has 0 bridgehead atoms. The van der Waals surface area contributed by atoms with Crippen molar-refractivity contribution in [3.8, 4) is 22.5 Å². The lowest BCUT2D eigenvalue weighted by Gasteiger charge is -2.40. The molecule has 3 aliphatic rings. The molecule has 4 amide bonds. The number of imide groups is 1. The Morgan fingerprint density at radius 2 is 1.62 bits per heavy atom. The van der Waals surface area contributed by atoms with Crippen molar-refractivity contribution in [2.45, 2.75) is 65.3 Å². The number of aromatic amines is 1. The van der Waals surface area contributed by atoms with Crippen LogP contribution in [0.25, 0.3) is 33.5 Å². The normalized spacial score (nSPS) is 17.2.